The van der Waals surface area contributed by atoms with E-state index in [-0.39, 0.29) is 11.7 Å². The third-order valence-electron chi connectivity index (χ3n) is 3.22. The van der Waals surface area contributed by atoms with Gasteiger partial charge in [0.15, 0.2) is 0 Å². The maximum Gasteiger partial charge on any atom is 0.125 e. The lowest BCUT2D eigenvalue weighted by molar-refractivity contribution is 0.0412. The number of rotatable bonds is 2. The summed E-state index contributed by atoms with van der Waals surface area (Å²) in [6, 6.07) is 4.79. The van der Waals surface area contributed by atoms with Gasteiger partial charge in [-0.2, -0.15) is 0 Å². The second-order valence-electron chi connectivity index (χ2n) is 4.50. The molecule has 2 N–H and O–H groups in total. The number of phenols is 1. The molecule has 3 rings (SSSR count). The summed E-state index contributed by atoms with van der Waals surface area (Å²) in [7, 11) is 0. The smallest absolute Gasteiger partial charge is 0.125 e. The van der Waals surface area contributed by atoms with E-state index in [1.807, 2.05) is 10.8 Å². The van der Waals surface area contributed by atoms with Gasteiger partial charge in [-0.3, -0.25) is 0 Å². The normalized spacial score (nSPS) is 22.3. The molecule has 0 amide bonds. The molecule has 0 unspecified atom stereocenters. The van der Waals surface area contributed by atoms with Gasteiger partial charge in [0.1, 0.15) is 11.5 Å². The van der Waals surface area contributed by atoms with E-state index in [1.165, 1.54) is 0 Å². The third kappa shape index (κ3) is 1.93. The van der Waals surface area contributed by atoms with Crippen molar-refractivity contribution in [1.29, 1.82) is 0 Å². The van der Waals surface area contributed by atoms with Gasteiger partial charge in [-0.1, -0.05) is 0 Å². The van der Waals surface area contributed by atoms with Gasteiger partial charge in [0.2, 0.25) is 0 Å². The fraction of sp³-hybridized carbons (Fsp3) is 0.308. The lowest BCUT2D eigenvalue weighted by Gasteiger charge is -2.30. The topological polar surface area (TPSA) is 67.5 Å². The zero-order valence-electron chi connectivity index (χ0n) is 9.73. The van der Waals surface area contributed by atoms with Crippen molar-refractivity contribution < 1.29 is 14.9 Å². The molecule has 0 spiro atoms. The van der Waals surface area contributed by atoms with Crippen LogP contribution in [0.25, 0.3) is 0 Å². The summed E-state index contributed by atoms with van der Waals surface area (Å²) in [6.07, 6.45) is 4.63. The van der Waals surface area contributed by atoms with Crippen molar-refractivity contribution in [2.45, 2.75) is 12.6 Å². The molecule has 1 aromatic heterocycles. The van der Waals surface area contributed by atoms with Crippen LogP contribution in [0.3, 0.4) is 0 Å². The Morgan fingerprint density at radius 3 is 3.11 bits per heavy atom. The van der Waals surface area contributed by atoms with E-state index < -0.39 is 6.10 Å². The minimum atomic E-state index is -0.636. The molecule has 1 aromatic carbocycles. The van der Waals surface area contributed by atoms with Gasteiger partial charge in [0.05, 0.1) is 19.0 Å². The predicted octanol–water partition coefficient (Wildman–Crippen LogP) is 1.33. The summed E-state index contributed by atoms with van der Waals surface area (Å²) >= 11 is 0. The zero-order valence-corrected chi connectivity index (χ0v) is 9.73. The first-order chi connectivity index (χ1) is 8.74. The molecule has 0 bridgehead atoms. The van der Waals surface area contributed by atoms with Crippen molar-refractivity contribution in [3.8, 4) is 11.5 Å². The van der Waals surface area contributed by atoms with Crippen LogP contribution in [0.15, 0.2) is 36.9 Å². The van der Waals surface area contributed by atoms with Gasteiger partial charge in [-0.05, 0) is 18.2 Å². The van der Waals surface area contributed by atoms with E-state index in [9.17, 15) is 10.2 Å². The summed E-state index contributed by atoms with van der Waals surface area (Å²) in [4.78, 5) is 3.97. The molecule has 0 saturated carbocycles. The molecule has 1 aliphatic heterocycles. The quantitative estimate of drug-likeness (QED) is 0.839. The first-order valence-electron chi connectivity index (χ1n) is 5.83. The highest BCUT2D eigenvalue weighted by molar-refractivity contribution is 5.42. The molecule has 2 aromatic rings. The number of imidazole rings is 1. The standard InChI is InChI=1S/C13H14N2O3/c16-10-1-2-12-11(5-10)13(17)9(7-18-12)6-15-4-3-14-8-15/h1-5,8-9,13,16-17H,6-7H2/t9-,13+/m1/s1. The molecule has 2 heterocycles. The molecule has 18 heavy (non-hydrogen) atoms. The van der Waals surface area contributed by atoms with E-state index in [4.69, 9.17) is 4.74 Å². The molecule has 0 saturated heterocycles. The van der Waals surface area contributed by atoms with Crippen LogP contribution in [-0.2, 0) is 6.54 Å². The zero-order chi connectivity index (χ0) is 12.5. The minimum absolute atomic E-state index is 0.0477. The van der Waals surface area contributed by atoms with Crippen LogP contribution in [0.2, 0.25) is 0 Å². The van der Waals surface area contributed by atoms with Crippen molar-refractivity contribution in [3.05, 3.63) is 42.5 Å². The monoisotopic (exact) mass is 246 g/mol. The van der Waals surface area contributed by atoms with Crippen molar-refractivity contribution in [2.24, 2.45) is 5.92 Å². The molecule has 5 heteroatoms. The number of hydrogen-bond acceptors (Lipinski definition) is 4. The summed E-state index contributed by atoms with van der Waals surface area (Å²) < 4.78 is 7.51. The first-order valence-corrected chi connectivity index (χ1v) is 5.83. The number of aromatic nitrogens is 2. The molecule has 2 atom stereocenters. The number of phenolic OH excluding ortho intramolecular Hbond substituents is 1. The number of ether oxygens (including phenoxy) is 1. The minimum Gasteiger partial charge on any atom is -0.508 e. The predicted molar refractivity (Wildman–Crippen MR) is 64.3 cm³/mol. The average Bonchev–Trinajstić information content (AvgIpc) is 2.86. The van der Waals surface area contributed by atoms with Crippen molar-refractivity contribution in [1.82, 2.24) is 9.55 Å². The number of fused-ring (bicyclic) bond motifs is 1. The highest BCUT2D eigenvalue weighted by atomic mass is 16.5. The lowest BCUT2D eigenvalue weighted by Crippen LogP contribution is -2.29. The Morgan fingerprint density at radius 2 is 2.33 bits per heavy atom. The highest BCUT2D eigenvalue weighted by Crippen LogP contribution is 2.37. The van der Waals surface area contributed by atoms with Gasteiger partial charge >= 0.3 is 0 Å². The average molecular weight is 246 g/mol. The summed E-state index contributed by atoms with van der Waals surface area (Å²) in [5.74, 6) is 0.732. The van der Waals surface area contributed by atoms with Crippen LogP contribution in [0.4, 0.5) is 0 Å². The van der Waals surface area contributed by atoms with E-state index >= 15 is 0 Å². The van der Waals surface area contributed by atoms with Crippen molar-refractivity contribution >= 4 is 0 Å². The van der Waals surface area contributed by atoms with Gasteiger partial charge in [-0.25, -0.2) is 4.98 Å². The molecular weight excluding hydrogens is 232 g/mol. The maximum atomic E-state index is 10.3. The third-order valence-corrected chi connectivity index (χ3v) is 3.22. The largest absolute Gasteiger partial charge is 0.508 e. The Hall–Kier alpha value is -2.01. The second-order valence-corrected chi connectivity index (χ2v) is 4.50. The van der Waals surface area contributed by atoms with Gasteiger partial charge in [0, 0.05) is 30.4 Å². The second kappa shape index (κ2) is 4.34. The molecule has 94 valence electrons. The summed E-state index contributed by atoms with van der Waals surface area (Å²) in [5, 5.41) is 19.8. The van der Waals surface area contributed by atoms with Crippen LogP contribution < -0.4 is 4.74 Å². The van der Waals surface area contributed by atoms with Crippen LogP contribution in [0.1, 0.15) is 11.7 Å². The molecule has 0 fully saturated rings. The Labute approximate surface area is 104 Å². The van der Waals surface area contributed by atoms with Crippen LogP contribution in [0, 0.1) is 5.92 Å². The Kier molecular flexibility index (Phi) is 2.68. The fourth-order valence-electron chi connectivity index (χ4n) is 2.26. The van der Waals surface area contributed by atoms with Crippen LogP contribution in [0.5, 0.6) is 11.5 Å². The summed E-state index contributed by atoms with van der Waals surface area (Å²) in [6.45, 7) is 1.09. The molecule has 0 aliphatic carbocycles. The van der Waals surface area contributed by atoms with E-state index in [0.29, 0.717) is 24.5 Å². The molecule has 5 nitrogen and oxygen atoms in total. The van der Waals surface area contributed by atoms with Crippen LogP contribution in [-0.4, -0.2) is 26.4 Å². The van der Waals surface area contributed by atoms with Gasteiger partial charge < -0.3 is 19.5 Å². The number of benzene rings is 1. The first kappa shape index (κ1) is 11.1. The number of aliphatic hydroxyl groups excluding tert-OH is 1. The van der Waals surface area contributed by atoms with E-state index in [0.717, 1.165) is 0 Å². The Bertz CT molecular complexity index is 539. The van der Waals surface area contributed by atoms with Crippen molar-refractivity contribution in [3.63, 3.8) is 0 Å². The lowest BCUT2D eigenvalue weighted by atomic mass is 9.93. The van der Waals surface area contributed by atoms with Gasteiger partial charge in [-0.15, -0.1) is 0 Å². The number of nitrogens with zero attached hydrogens (tertiary/aromatic N) is 2. The van der Waals surface area contributed by atoms with E-state index in [1.54, 1.807) is 30.7 Å². The Morgan fingerprint density at radius 1 is 1.44 bits per heavy atom. The SMILES string of the molecule is Oc1ccc2c(c1)[C@@H](O)[C@H](Cn1ccnc1)CO2. The number of aliphatic hydroxyl groups is 1. The molecule has 1 aliphatic rings. The number of aromatic hydroxyl groups is 1. The number of hydrogen-bond donors (Lipinski definition) is 2. The maximum absolute atomic E-state index is 10.3. The highest BCUT2D eigenvalue weighted by Gasteiger charge is 2.29. The van der Waals surface area contributed by atoms with Crippen LogP contribution >= 0.6 is 0 Å². The molecular formula is C13H14N2O3. The molecule has 0 radical (unpaired) electrons. The fourth-order valence-corrected chi connectivity index (χ4v) is 2.26. The Balaban J connectivity index is 1.84. The summed E-state index contributed by atoms with van der Waals surface area (Å²) in [5.41, 5.74) is 0.645. The van der Waals surface area contributed by atoms with Gasteiger partial charge in [0.25, 0.3) is 0 Å². The van der Waals surface area contributed by atoms with Crippen molar-refractivity contribution in [2.75, 3.05) is 6.61 Å². The van der Waals surface area contributed by atoms with E-state index in [2.05, 4.69) is 4.98 Å².